The van der Waals surface area contributed by atoms with Crippen LogP contribution < -0.4 is 0 Å². The van der Waals surface area contributed by atoms with Crippen LogP contribution in [0.5, 0.6) is 0 Å². The quantitative estimate of drug-likeness (QED) is 0.169. The Morgan fingerprint density at radius 3 is 1.75 bits per heavy atom. The van der Waals surface area contributed by atoms with Gasteiger partial charge in [-0.25, -0.2) is 0 Å². The van der Waals surface area contributed by atoms with Crippen molar-refractivity contribution in [1.29, 1.82) is 0 Å². The molecule has 0 aliphatic heterocycles. The highest BCUT2D eigenvalue weighted by molar-refractivity contribution is 6.29. The van der Waals surface area contributed by atoms with E-state index in [4.69, 9.17) is 13.7 Å². The molecule has 0 spiro atoms. The molecule has 2 aromatic heterocycles. The van der Waals surface area contributed by atoms with Gasteiger partial charge in [-0.1, -0.05) is 121 Å². The number of aromatic nitrogens is 2. The minimum Gasteiger partial charge on any atom is -0.309 e. The zero-order valence-corrected chi connectivity index (χ0v) is 24.6. The third kappa shape index (κ3) is 3.46. The first-order valence-corrected chi connectivity index (χ1v) is 15.1. The number of para-hydroxylation sites is 2. The fraction of sp³-hybridized carbons (Fsp3) is 0. The van der Waals surface area contributed by atoms with Crippen LogP contribution in [0.2, 0.25) is 0 Å². The van der Waals surface area contributed by atoms with Crippen molar-refractivity contribution in [2.75, 3.05) is 0 Å². The van der Waals surface area contributed by atoms with E-state index < -0.39 is 148 Å². The number of nitrogens with zero attached hydrogens (tertiary/aromatic N) is 2. The second kappa shape index (κ2) is 9.57. The average molecular weight is 628 g/mol. The molecule has 9 aromatic carbocycles. The van der Waals surface area contributed by atoms with Gasteiger partial charge >= 0.3 is 0 Å². The summed E-state index contributed by atoms with van der Waals surface area (Å²) < 4.78 is 175. The molecule has 0 atom stereocenters. The van der Waals surface area contributed by atoms with Crippen LogP contribution in [0.25, 0.3) is 98.1 Å². The molecular formula is C46H28N2. The monoisotopic (exact) mass is 627 g/mol. The lowest BCUT2D eigenvalue weighted by molar-refractivity contribution is 1.18. The maximum Gasteiger partial charge on any atom is 0.0651 e. The van der Waals surface area contributed by atoms with E-state index in [-0.39, 0.29) is 38.0 Å². The smallest absolute Gasteiger partial charge is 0.0651 e. The summed E-state index contributed by atoms with van der Waals surface area (Å²) in [5, 5.41) is 1.04. The molecule has 0 unspecified atom stereocenters. The Hall–Kier alpha value is -6.38. The van der Waals surface area contributed by atoms with Crippen LogP contribution in [0.4, 0.5) is 0 Å². The van der Waals surface area contributed by atoms with Gasteiger partial charge < -0.3 is 9.13 Å². The lowest BCUT2D eigenvalue weighted by atomic mass is 10.0. The lowest BCUT2D eigenvalue weighted by Crippen LogP contribution is -1.95. The third-order valence-electron chi connectivity index (χ3n) is 9.01. The Morgan fingerprint density at radius 2 is 0.958 bits per heavy atom. The normalized spacial score (nSPS) is 17.7. The second-order valence-electron chi connectivity index (χ2n) is 11.5. The van der Waals surface area contributed by atoms with Gasteiger partial charge in [-0.15, -0.1) is 0 Å². The molecule has 2 nitrogen and oxygen atoms in total. The molecule has 0 amide bonds. The Morgan fingerprint density at radius 1 is 0.354 bits per heavy atom. The van der Waals surface area contributed by atoms with Crippen molar-refractivity contribution in [3.05, 3.63) is 169 Å². The van der Waals surface area contributed by atoms with Gasteiger partial charge in [0, 0.05) is 32.9 Å². The molecule has 2 heterocycles. The summed E-state index contributed by atoms with van der Waals surface area (Å²) in [6, 6.07) is 3.79. The Labute approximate surface area is 303 Å². The molecule has 48 heavy (non-hydrogen) atoms. The molecule has 0 radical (unpaired) electrons. The van der Waals surface area contributed by atoms with Crippen molar-refractivity contribution in [2.24, 2.45) is 0 Å². The van der Waals surface area contributed by atoms with Crippen LogP contribution in [-0.4, -0.2) is 9.13 Å². The standard InChI is InChI=1S/C46H28N2/c1-3-11-35-29(9-1)17-19-31-27-33(21-23-37(31)35)47-41-15-7-5-13-39(41)45-43(47)25-26-44-46(45)40-14-6-8-16-42(40)48(44)34-22-24-38-32(28-34)20-18-30-10-2-4-12-36(30)38/h1-28H/i1D,3D,5D,6D,7D,8D,9D,11D,13D,14D,15D,16D,17D,19D,21D,23D,25D,26D,27D. The zero-order chi connectivity index (χ0) is 47.9. The molecule has 0 aliphatic rings. The van der Waals surface area contributed by atoms with Crippen LogP contribution >= 0.6 is 0 Å². The molecule has 0 aliphatic carbocycles. The van der Waals surface area contributed by atoms with E-state index in [0.717, 1.165) is 26.1 Å². The van der Waals surface area contributed by atoms with Gasteiger partial charge in [0.2, 0.25) is 0 Å². The van der Waals surface area contributed by atoms with Crippen LogP contribution in [0.1, 0.15) is 26.0 Å². The molecule has 0 fully saturated rings. The predicted molar refractivity (Wildman–Crippen MR) is 205 cm³/mol. The highest BCUT2D eigenvalue weighted by atomic mass is 15.0. The van der Waals surface area contributed by atoms with Gasteiger partial charge in [-0.05, 0) is 91.5 Å². The van der Waals surface area contributed by atoms with Gasteiger partial charge in [-0.3, -0.25) is 0 Å². The van der Waals surface area contributed by atoms with Crippen molar-refractivity contribution in [1.82, 2.24) is 9.13 Å². The predicted octanol–water partition coefficient (Wildman–Crippen LogP) is 12.5. The molecule has 0 N–H and O–H groups in total. The number of hydrogen-bond acceptors (Lipinski definition) is 0. The summed E-state index contributed by atoms with van der Waals surface area (Å²) in [5.41, 5.74) is -1.33. The minimum absolute atomic E-state index is 0.105. The first-order chi connectivity index (χ1) is 31.7. The van der Waals surface area contributed by atoms with Gasteiger partial charge in [0.25, 0.3) is 0 Å². The summed E-state index contributed by atoms with van der Waals surface area (Å²) in [5.74, 6) is 0. The fourth-order valence-electron chi connectivity index (χ4n) is 6.96. The van der Waals surface area contributed by atoms with E-state index in [9.17, 15) is 12.3 Å². The fourth-order valence-corrected chi connectivity index (χ4v) is 6.96. The number of fused-ring (bicyclic) bond motifs is 13. The molecule has 0 saturated carbocycles. The van der Waals surface area contributed by atoms with Crippen LogP contribution in [0.3, 0.4) is 0 Å². The summed E-state index contributed by atoms with van der Waals surface area (Å²) in [4.78, 5) is 0. The molecule has 0 bridgehead atoms. The van der Waals surface area contributed by atoms with Gasteiger partial charge in [0.05, 0.1) is 48.1 Å². The van der Waals surface area contributed by atoms with E-state index in [1.54, 1.807) is 12.1 Å². The van der Waals surface area contributed by atoms with E-state index in [2.05, 4.69) is 0 Å². The average Bonchev–Trinajstić information content (AvgIpc) is 3.86. The van der Waals surface area contributed by atoms with Crippen molar-refractivity contribution in [3.8, 4) is 11.4 Å². The first kappa shape index (κ1) is 13.8. The van der Waals surface area contributed by atoms with Gasteiger partial charge in [-0.2, -0.15) is 0 Å². The Kier molecular flexibility index (Phi) is 2.75. The topological polar surface area (TPSA) is 9.86 Å². The molecule has 11 aromatic rings. The van der Waals surface area contributed by atoms with Crippen molar-refractivity contribution >= 4 is 86.7 Å². The second-order valence-corrected chi connectivity index (χ2v) is 11.5. The Balaban J connectivity index is 1.40. The van der Waals surface area contributed by atoms with E-state index in [0.29, 0.717) is 5.69 Å². The molecule has 11 rings (SSSR count). The van der Waals surface area contributed by atoms with Gasteiger partial charge in [0.1, 0.15) is 0 Å². The SMILES string of the molecule is [2H]c1c([2H])c([2H])c2c(c1[2H])c([2H])c([2H])c1c([2H])c(-n3c4c([2H])c([2H])c([2H])c([2H])c4c4c5c6c([2H])c([2H])c([2H])c([2H])c6n(-c6ccc7c(ccc8ccccc87)c6)c5c([2H])c([2H])c43)c([2H])c([2H])c12. The van der Waals surface area contributed by atoms with Crippen molar-refractivity contribution in [2.45, 2.75) is 0 Å². The number of benzene rings is 9. The van der Waals surface area contributed by atoms with Crippen molar-refractivity contribution in [3.63, 3.8) is 0 Å². The first-order valence-electron chi connectivity index (χ1n) is 24.6. The molecule has 0 saturated heterocycles. The summed E-state index contributed by atoms with van der Waals surface area (Å²) in [6.07, 6.45) is 0. The summed E-state index contributed by atoms with van der Waals surface area (Å²) in [7, 11) is 0. The Bertz CT molecular complexity index is 4210. The molecule has 222 valence electrons. The van der Waals surface area contributed by atoms with E-state index in [1.165, 1.54) is 4.57 Å². The molecular weight excluding hydrogens is 581 g/mol. The largest absolute Gasteiger partial charge is 0.309 e. The summed E-state index contributed by atoms with van der Waals surface area (Å²) in [6.45, 7) is 0. The third-order valence-corrected chi connectivity index (χ3v) is 9.01. The minimum atomic E-state index is -0.825. The summed E-state index contributed by atoms with van der Waals surface area (Å²) >= 11 is 0. The zero-order valence-electron chi connectivity index (χ0n) is 43.6. The van der Waals surface area contributed by atoms with Gasteiger partial charge in [0.15, 0.2) is 0 Å². The van der Waals surface area contributed by atoms with Crippen LogP contribution in [0.15, 0.2) is 169 Å². The number of hydrogen-bond donors (Lipinski definition) is 0. The van der Waals surface area contributed by atoms with Crippen LogP contribution in [0, 0.1) is 0 Å². The maximum atomic E-state index is 9.80. The number of rotatable bonds is 2. The van der Waals surface area contributed by atoms with E-state index in [1.807, 2.05) is 42.5 Å². The molecule has 2 heteroatoms. The van der Waals surface area contributed by atoms with Crippen molar-refractivity contribution < 1.29 is 26.0 Å². The highest BCUT2D eigenvalue weighted by Gasteiger charge is 2.20. The van der Waals surface area contributed by atoms with E-state index >= 15 is 0 Å². The lowest BCUT2D eigenvalue weighted by Gasteiger charge is -2.12. The highest BCUT2D eigenvalue weighted by Crippen LogP contribution is 2.43. The van der Waals surface area contributed by atoms with Crippen LogP contribution in [-0.2, 0) is 0 Å². The maximum absolute atomic E-state index is 9.80.